The summed E-state index contributed by atoms with van der Waals surface area (Å²) in [4.78, 5) is 10.1. The van der Waals surface area contributed by atoms with Gasteiger partial charge in [-0.25, -0.2) is 0 Å². The molecule has 2 nitrogen and oxygen atoms in total. The largest absolute Gasteiger partial charge is 0.545 e. The molecule has 0 aliphatic heterocycles. The fraction of sp³-hybridized carbons (Fsp3) is 0.688. The Balaban J connectivity index is 3.14. The highest BCUT2D eigenvalue weighted by atomic mass is 16.4. The van der Waals surface area contributed by atoms with Gasteiger partial charge >= 0.3 is 0 Å². The minimum Gasteiger partial charge on any atom is -0.545 e. The molecule has 0 heterocycles. The van der Waals surface area contributed by atoms with Crippen LogP contribution in [0.15, 0.2) is 24.3 Å². The van der Waals surface area contributed by atoms with Gasteiger partial charge in [0.15, 0.2) is 0 Å². The molecule has 0 radical (unpaired) electrons. The summed E-state index contributed by atoms with van der Waals surface area (Å²) in [6.45, 7) is 2.25. The molecule has 0 atom stereocenters. The van der Waals surface area contributed by atoms with Crippen LogP contribution in [0, 0.1) is 0 Å². The molecule has 0 aromatic carbocycles. The minimum atomic E-state index is -1.14. The minimum absolute atomic E-state index is 1.03. The topological polar surface area (TPSA) is 40.1 Å². The molecule has 104 valence electrons. The van der Waals surface area contributed by atoms with Crippen molar-refractivity contribution in [3.63, 3.8) is 0 Å². The molecule has 0 aromatic rings. The van der Waals surface area contributed by atoms with Gasteiger partial charge in [-0.2, -0.15) is 0 Å². The summed E-state index contributed by atoms with van der Waals surface area (Å²) in [5.74, 6) is -1.14. The van der Waals surface area contributed by atoms with E-state index in [1.807, 2.05) is 6.08 Å². The molecule has 0 aliphatic rings. The Hall–Kier alpha value is -1.05. The van der Waals surface area contributed by atoms with Gasteiger partial charge in [-0.3, -0.25) is 0 Å². The number of allylic oxidation sites excluding steroid dienone is 3. The monoisotopic (exact) mass is 251 g/mol. The lowest BCUT2D eigenvalue weighted by Crippen LogP contribution is -2.18. The molecule has 0 bridgehead atoms. The van der Waals surface area contributed by atoms with Crippen LogP contribution in [-0.2, 0) is 4.79 Å². The smallest absolute Gasteiger partial charge is 0.0642 e. The zero-order chi connectivity index (χ0) is 13.5. The van der Waals surface area contributed by atoms with Crippen molar-refractivity contribution in [3.05, 3.63) is 24.3 Å². The molecule has 2 heteroatoms. The van der Waals surface area contributed by atoms with E-state index in [4.69, 9.17) is 0 Å². The molecule has 0 rings (SSSR count). The van der Waals surface area contributed by atoms with Crippen molar-refractivity contribution in [2.45, 2.75) is 71.1 Å². The first-order chi connectivity index (χ1) is 8.77. The average Bonchev–Trinajstić information content (AvgIpc) is 2.34. The van der Waals surface area contributed by atoms with E-state index in [2.05, 4.69) is 6.92 Å². The van der Waals surface area contributed by atoms with Crippen LogP contribution >= 0.6 is 0 Å². The number of hydrogen-bond donors (Lipinski definition) is 0. The normalized spacial score (nSPS) is 11.6. The standard InChI is InChI=1S/C16H28O2/c1-2-3-4-5-6-7-8-9-10-11-12-13-14-15-16(17)18/h12-15H,2-11H2,1H3,(H,17,18)/p-1/b13-12+,15-14+. The Morgan fingerprint density at radius 3 is 2.00 bits per heavy atom. The van der Waals surface area contributed by atoms with E-state index in [1.165, 1.54) is 63.9 Å². The summed E-state index contributed by atoms with van der Waals surface area (Å²) in [6.07, 6.45) is 19.4. The van der Waals surface area contributed by atoms with Crippen LogP contribution in [0.2, 0.25) is 0 Å². The van der Waals surface area contributed by atoms with Gasteiger partial charge in [-0.15, -0.1) is 0 Å². The van der Waals surface area contributed by atoms with Gasteiger partial charge in [0.25, 0.3) is 0 Å². The second-order valence-corrected chi connectivity index (χ2v) is 4.72. The van der Waals surface area contributed by atoms with Crippen LogP contribution < -0.4 is 5.11 Å². The van der Waals surface area contributed by atoms with Gasteiger partial charge in [-0.05, 0) is 18.9 Å². The number of unbranched alkanes of at least 4 members (excludes halogenated alkanes) is 9. The Kier molecular flexibility index (Phi) is 13.2. The van der Waals surface area contributed by atoms with E-state index >= 15 is 0 Å². The molecule has 0 saturated heterocycles. The van der Waals surface area contributed by atoms with Gasteiger partial charge in [0.05, 0.1) is 5.97 Å². The van der Waals surface area contributed by atoms with Crippen molar-refractivity contribution in [1.82, 2.24) is 0 Å². The molecule has 0 amide bonds. The second-order valence-electron chi connectivity index (χ2n) is 4.72. The summed E-state index contributed by atoms with van der Waals surface area (Å²) in [6, 6.07) is 0. The lowest BCUT2D eigenvalue weighted by atomic mass is 10.1. The van der Waals surface area contributed by atoms with Gasteiger partial charge < -0.3 is 9.90 Å². The lowest BCUT2D eigenvalue weighted by molar-refractivity contribution is -0.297. The highest BCUT2D eigenvalue weighted by Crippen LogP contribution is 2.10. The number of carbonyl (C=O) groups excluding carboxylic acids is 1. The van der Waals surface area contributed by atoms with Crippen LogP contribution in [-0.4, -0.2) is 5.97 Å². The van der Waals surface area contributed by atoms with Crippen LogP contribution in [0.3, 0.4) is 0 Å². The van der Waals surface area contributed by atoms with Gasteiger partial charge in [0.2, 0.25) is 0 Å². The predicted octanol–water partition coefficient (Wildman–Crippen LogP) is 3.77. The molecule has 0 spiro atoms. The zero-order valence-corrected chi connectivity index (χ0v) is 11.7. The molecular weight excluding hydrogens is 224 g/mol. The predicted molar refractivity (Wildman–Crippen MR) is 75.1 cm³/mol. The van der Waals surface area contributed by atoms with E-state index in [0.29, 0.717) is 0 Å². The summed E-state index contributed by atoms with van der Waals surface area (Å²) in [7, 11) is 0. The maximum absolute atomic E-state index is 10.1. The van der Waals surface area contributed by atoms with Crippen molar-refractivity contribution in [2.24, 2.45) is 0 Å². The van der Waals surface area contributed by atoms with E-state index in [1.54, 1.807) is 6.08 Å². The fourth-order valence-corrected chi connectivity index (χ4v) is 1.88. The van der Waals surface area contributed by atoms with Crippen molar-refractivity contribution >= 4 is 5.97 Å². The van der Waals surface area contributed by atoms with E-state index in [0.717, 1.165) is 12.5 Å². The highest BCUT2D eigenvalue weighted by Gasteiger charge is 1.90. The molecule has 0 N–H and O–H groups in total. The number of carboxylic acids is 1. The molecule has 0 saturated carbocycles. The first-order valence-corrected chi connectivity index (χ1v) is 7.31. The van der Waals surface area contributed by atoms with Gasteiger partial charge in [-0.1, -0.05) is 76.5 Å². The van der Waals surface area contributed by atoms with Gasteiger partial charge in [0, 0.05) is 0 Å². The van der Waals surface area contributed by atoms with Crippen LogP contribution in [0.1, 0.15) is 71.1 Å². The molecule has 18 heavy (non-hydrogen) atoms. The Bertz CT molecular complexity index is 241. The third kappa shape index (κ3) is 14.9. The van der Waals surface area contributed by atoms with Crippen LogP contribution in [0.25, 0.3) is 0 Å². The van der Waals surface area contributed by atoms with Crippen molar-refractivity contribution in [1.29, 1.82) is 0 Å². The lowest BCUT2D eigenvalue weighted by Gasteiger charge is -2.00. The summed E-state index contributed by atoms with van der Waals surface area (Å²) >= 11 is 0. The van der Waals surface area contributed by atoms with E-state index in [-0.39, 0.29) is 0 Å². The molecule has 0 fully saturated rings. The summed E-state index contributed by atoms with van der Waals surface area (Å²) in [5, 5.41) is 10.1. The van der Waals surface area contributed by atoms with Crippen molar-refractivity contribution in [2.75, 3.05) is 0 Å². The Morgan fingerprint density at radius 2 is 1.44 bits per heavy atom. The summed E-state index contributed by atoms with van der Waals surface area (Å²) < 4.78 is 0. The maximum atomic E-state index is 10.1. The number of carboxylic acid groups (broad SMARTS) is 1. The highest BCUT2D eigenvalue weighted by molar-refractivity contribution is 5.77. The zero-order valence-electron chi connectivity index (χ0n) is 11.7. The fourth-order valence-electron chi connectivity index (χ4n) is 1.88. The first kappa shape index (κ1) is 16.9. The van der Waals surface area contributed by atoms with Crippen molar-refractivity contribution in [3.8, 4) is 0 Å². The van der Waals surface area contributed by atoms with Crippen LogP contribution in [0.5, 0.6) is 0 Å². The first-order valence-electron chi connectivity index (χ1n) is 7.31. The quantitative estimate of drug-likeness (QED) is 0.301. The van der Waals surface area contributed by atoms with E-state index in [9.17, 15) is 9.90 Å². The number of carbonyl (C=O) groups is 1. The molecule has 0 unspecified atom stereocenters. The number of hydrogen-bond acceptors (Lipinski definition) is 2. The number of rotatable bonds is 12. The summed E-state index contributed by atoms with van der Waals surface area (Å²) in [5.41, 5.74) is 0. The second kappa shape index (κ2) is 14.0. The number of aliphatic carboxylic acids is 1. The Labute approximate surface area is 112 Å². The van der Waals surface area contributed by atoms with E-state index < -0.39 is 5.97 Å². The molecular formula is C16H27O2-. The molecule has 0 aromatic heterocycles. The molecule has 0 aliphatic carbocycles. The Morgan fingerprint density at radius 1 is 0.889 bits per heavy atom. The third-order valence-corrected chi connectivity index (χ3v) is 2.95. The van der Waals surface area contributed by atoms with Crippen molar-refractivity contribution < 1.29 is 9.90 Å². The third-order valence-electron chi connectivity index (χ3n) is 2.95. The maximum Gasteiger partial charge on any atom is 0.0642 e. The SMILES string of the molecule is CCCCCCCCCCC/C=C/C=C/C(=O)[O-]. The average molecular weight is 251 g/mol. The van der Waals surface area contributed by atoms with Crippen LogP contribution in [0.4, 0.5) is 0 Å². The van der Waals surface area contributed by atoms with Gasteiger partial charge in [0.1, 0.15) is 0 Å².